The molecule has 19 heavy (non-hydrogen) atoms. The summed E-state index contributed by atoms with van der Waals surface area (Å²) in [6.45, 7) is 0. The number of halogens is 3. The summed E-state index contributed by atoms with van der Waals surface area (Å²) < 4.78 is 32.2. The second kappa shape index (κ2) is 5.19. The quantitative estimate of drug-likeness (QED) is 0.937. The zero-order chi connectivity index (χ0) is 14.0. The Bertz CT molecular complexity index is 649. The maximum atomic E-state index is 13.7. The van der Waals surface area contributed by atoms with Gasteiger partial charge in [0.2, 0.25) is 0 Å². The fourth-order valence-corrected chi connectivity index (χ4v) is 1.49. The van der Waals surface area contributed by atoms with Gasteiger partial charge in [0.05, 0.1) is 5.02 Å². The maximum Gasteiger partial charge on any atom is 0.338 e. The molecule has 0 fully saturated rings. The first-order valence-corrected chi connectivity index (χ1v) is 5.38. The molecule has 0 aliphatic heterocycles. The van der Waals surface area contributed by atoms with Gasteiger partial charge in [-0.1, -0.05) is 17.7 Å². The van der Waals surface area contributed by atoms with E-state index in [2.05, 4.69) is 4.98 Å². The second-order valence-electron chi connectivity index (χ2n) is 3.44. The average molecular weight is 286 g/mol. The van der Waals surface area contributed by atoms with E-state index in [0.29, 0.717) is 0 Å². The molecule has 98 valence electrons. The molecule has 0 saturated carbocycles. The number of nitrogens with zero attached hydrogens (tertiary/aromatic N) is 1. The summed E-state index contributed by atoms with van der Waals surface area (Å²) in [6, 6.07) is 4.88. The summed E-state index contributed by atoms with van der Waals surface area (Å²) in [4.78, 5) is 14.2. The smallest absolute Gasteiger partial charge is 0.338 e. The molecule has 0 aliphatic carbocycles. The molecule has 0 radical (unpaired) electrons. The number of aromatic nitrogens is 1. The molecule has 0 saturated heterocycles. The van der Waals surface area contributed by atoms with E-state index in [1.54, 1.807) is 0 Å². The molecule has 2 rings (SSSR count). The van der Waals surface area contributed by atoms with Crippen molar-refractivity contribution in [2.24, 2.45) is 0 Å². The Kier molecular flexibility index (Phi) is 3.62. The Morgan fingerprint density at radius 3 is 2.68 bits per heavy atom. The van der Waals surface area contributed by atoms with Gasteiger partial charge in [0.25, 0.3) is 5.88 Å². The van der Waals surface area contributed by atoms with Crippen LogP contribution in [0.2, 0.25) is 5.02 Å². The third-order valence-corrected chi connectivity index (χ3v) is 2.50. The average Bonchev–Trinajstić information content (AvgIpc) is 2.37. The Labute approximate surface area is 111 Å². The number of benzene rings is 1. The molecule has 1 N–H and O–H groups in total. The minimum atomic E-state index is -1.48. The van der Waals surface area contributed by atoms with Gasteiger partial charge < -0.3 is 9.84 Å². The van der Waals surface area contributed by atoms with Crippen molar-refractivity contribution >= 4 is 17.6 Å². The third kappa shape index (κ3) is 2.63. The predicted molar refractivity (Wildman–Crippen MR) is 62.6 cm³/mol. The fourth-order valence-electron chi connectivity index (χ4n) is 1.33. The van der Waals surface area contributed by atoms with E-state index >= 15 is 0 Å². The normalized spacial score (nSPS) is 10.3. The van der Waals surface area contributed by atoms with Crippen LogP contribution in [0.15, 0.2) is 30.5 Å². The van der Waals surface area contributed by atoms with Gasteiger partial charge >= 0.3 is 5.97 Å². The van der Waals surface area contributed by atoms with Gasteiger partial charge in [0.1, 0.15) is 5.56 Å². The molecule has 0 spiro atoms. The summed E-state index contributed by atoms with van der Waals surface area (Å²) >= 11 is 5.54. The Hall–Kier alpha value is -2.21. The largest absolute Gasteiger partial charge is 0.478 e. The van der Waals surface area contributed by atoms with Gasteiger partial charge in [0, 0.05) is 6.20 Å². The summed E-state index contributed by atoms with van der Waals surface area (Å²) in [5, 5.41) is 8.53. The van der Waals surface area contributed by atoms with Gasteiger partial charge in [0.15, 0.2) is 17.4 Å². The van der Waals surface area contributed by atoms with Gasteiger partial charge in [-0.15, -0.1) is 0 Å². The number of carboxylic acid groups (broad SMARTS) is 1. The molecule has 0 amide bonds. The molecule has 0 atom stereocenters. The lowest BCUT2D eigenvalue weighted by Crippen LogP contribution is -2.04. The highest BCUT2D eigenvalue weighted by Crippen LogP contribution is 2.29. The summed E-state index contributed by atoms with van der Waals surface area (Å²) in [6.07, 6.45) is 1.05. The highest BCUT2D eigenvalue weighted by molar-refractivity contribution is 6.30. The highest BCUT2D eigenvalue weighted by Gasteiger charge is 2.18. The van der Waals surface area contributed by atoms with Crippen molar-refractivity contribution in [3.8, 4) is 11.6 Å². The number of carbonyl (C=O) groups is 1. The third-order valence-electron chi connectivity index (χ3n) is 2.21. The summed E-state index contributed by atoms with van der Waals surface area (Å²) in [5.41, 5.74) is -0.618. The van der Waals surface area contributed by atoms with Crippen LogP contribution in [0.4, 0.5) is 8.78 Å². The Balaban J connectivity index is 2.42. The molecule has 7 heteroatoms. The van der Waals surface area contributed by atoms with Crippen molar-refractivity contribution in [1.29, 1.82) is 0 Å². The SMILES string of the molecule is O=C(O)c1ccnc(Oc2cccc(Cl)c2F)c1F. The van der Waals surface area contributed by atoms with Crippen molar-refractivity contribution in [1.82, 2.24) is 4.98 Å². The lowest BCUT2D eigenvalue weighted by atomic mass is 10.2. The molecule has 1 aromatic heterocycles. The predicted octanol–water partition coefficient (Wildman–Crippen LogP) is 3.50. The summed E-state index contributed by atoms with van der Waals surface area (Å²) in [7, 11) is 0. The molecule has 4 nitrogen and oxygen atoms in total. The van der Waals surface area contributed by atoms with E-state index in [4.69, 9.17) is 21.4 Å². The van der Waals surface area contributed by atoms with Crippen LogP contribution in [0, 0.1) is 11.6 Å². The molecule has 0 unspecified atom stereocenters. The fraction of sp³-hybridized carbons (Fsp3) is 0. The standard InChI is InChI=1S/C12H6ClF2NO3/c13-7-2-1-3-8(10(7)15)19-11-9(14)6(12(17)18)4-5-16-11/h1-5H,(H,17,18). The van der Waals surface area contributed by atoms with E-state index < -0.39 is 29.0 Å². The summed E-state index contributed by atoms with van der Waals surface area (Å²) in [5.74, 6) is -4.53. The van der Waals surface area contributed by atoms with E-state index in [1.807, 2.05) is 0 Å². The zero-order valence-electron chi connectivity index (χ0n) is 9.23. The molecule has 0 aliphatic rings. The number of ether oxygens (including phenoxy) is 1. The van der Waals surface area contributed by atoms with Gasteiger partial charge in [-0.05, 0) is 18.2 Å². The minimum Gasteiger partial charge on any atom is -0.478 e. The molecular weight excluding hydrogens is 280 g/mol. The van der Waals surface area contributed by atoms with Crippen molar-refractivity contribution in [3.05, 3.63) is 52.7 Å². The van der Waals surface area contributed by atoms with Crippen molar-refractivity contribution in [2.75, 3.05) is 0 Å². The van der Waals surface area contributed by atoms with Gasteiger partial charge in [-0.25, -0.2) is 18.6 Å². The van der Waals surface area contributed by atoms with Crippen LogP contribution in [0.5, 0.6) is 11.6 Å². The number of rotatable bonds is 3. The number of pyridine rings is 1. The Morgan fingerprint density at radius 1 is 1.26 bits per heavy atom. The topological polar surface area (TPSA) is 59.4 Å². The number of hydrogen-bond acceptors (Lipinski definition) is 3. The molecule has 1 aromatic carbocycles. The second-order valence-corrected chi connectivity index (χ2v) is 3.84. The van der Waals surface area contributed by atoms with Crippen molar-refractivity contribution in [2.45, 2.75) is 0 Å². The van der Waals surface area contributed by atoms with E-state index in [1.165, 1.54) is 18.2 Å². The van der Waals surface area contributed by atoms with Crippen LogP contribution in [0.25, 0.3) is 0 Å². The van der Waals surface area contributed by atoms with Gasteiger partial charge in [-0.3, -0.25) is 0 Å². The van der Waals surface area contributed by atoms with Crippen LogP contribution >= 0.6 is 11.6 Å². The highest BCUT2D eigenvalue weighted by atomic mass is 35.5. The van der Waals surface area contributed by atoms with E-state index in [0.717, 1.165) is 12.3 Å². The van der Waals surface area contributed by atoms with Crippen LogP contribution in [0.1, 0.15) is 10.4 Å². The van der Waals surface area contributed by atoms with Crippen LogP contribution < -0.4 is 4.74 Å². The number of hydrogen-bond donors (Lipinski definition) is 1. The lowest BCUT2D eigenvalue weighted by molar-refractivity contribution is 0.0690. The maximum absolute atomic E-state index is 13.7. The number of carboxylic acids is 1. The van der Waals surface area contributed by atoms with Crippen molar-refractivity contribution < 1.29 is 23.4 Å². The van der Waals surface area contributed by atoms with E-state index in [-0.39, 0.29) is 10.8 Å². The zero-order valence-corrected chi connectivity index (χ0v) is 9.99. The molecule has 0 bridgehead atoms. The van der Waals surface area contributed by atoms with E-state index in [9.17, 15) is 13.6 Å². The monoisotopic (exact) mass is 285 g/mol. The minimum absolute atomic E-state index is 0.202. The first-order chi connectivity index (χ1) is 9.00. The van der Waals surface area contributed by atoms with Crippen molar-refractivity contribution in [3.63, 3.8) is 0 Å². The number of aromatic carboxylic acids is 1. The van der Waals surface area contributed by atoms with Crippen LogP contribution in [-0.2, 0) is 0 Å². The first kappa shape index (κ1) is 13.2. The molecule has 1 heterocycles. The van der Waals surface area contributed by atoms with Crippen LogP contribution in [0.3, 0.4) is 0 Å². The molecule has 2 aromatic rings. The Morgan fingerprint density at radius 2 is 2.00 bits per heavy atom. The van der Waals surface area contributed by atoms with Crippen LogP contribution in [-0.4, -0.2) is 16.1 Å². The first-order valence-electron chi connectivity index (χ1n) is 5.00. The lowest BCUT2D eigenvalue weighted by Gasteiger charge is -2.08. The molecular formula is C12H6ClF2NO3. The van der Waals surface area contributed by atoms with Gasteiger partial charge in [-0.2, -0.15) is 0 Å².